The van der Waals surface area contributed by atoms with Gasteiger partial charge in [0.1, 0.15) is 12.1 Å². The molecule has 1 atom stereocenters. The first-order chi connectivity index (χ1) is 10.7. The van der Waals surface area contributed by atoms with Gasteiger partial charge in [0.2, 0.25) is 5.91 Å². The summed E-state index contributed by atoms with van der Waals surface area (Å²) >= 11 is 1.35. The van der Waals surface area contributed by atoms with Crippen molar-refractivity contribution < 1.29 is 9.53 Å². The minimum absolute atomic E-state index is 0.00562. The molecule has 1 N–H and O–H groups in total. The van der Waals surface area contributed by atoms with Crippen molar-refractivity contribution in [1.82, 2.24) is 20.1 Å². The molecule has 1 unspecified atom stereocenters. The molecule has 0 fully saturated rings. The second-order valence-corrected chi connectivity index (χ2v) is 5.76. The smallest absolute Gasteiger partial charge is 0.230 e. The summed E-state index contributed by atoms with van der Waals surface area (Å²) in [7, 11) is 1.62. The zero-order valence-electron chi connectivity index (χ0n) is 12.9. The summed E-state index contributed by atoms with van der Waals surface area (Å²) in [6, 6.07) is 7.80. The van der Waals surface area contributed by atoms with Gasteiger partial charge in [-0.1, -0.05) is 30.8 Å². The Morgan fingerprint density at radius 1 is 1.45 bits per heavy atom. The summed E-state index contributed by atoms with van der Waals surface area (Å²) < 4.78 is 7.17. The highest BCUT2D eigenvalue weighted by Crippen LogP contribution is 2.26. The van der Waals surface area contributed by atoms with Crippen LogP contribution in [0.25, 0.3) is 5.69 Å². The van der Waals surface area contributed by atoms with Crippen molar-refractivity contribution >= 4 is 17.7 Å². The van der Waals surface area contributed by atoms with Crippen molar-refractivity contribution in [1.29, 1.82) is 0 Å². The van der Waals surface area contributed by atoms with Gasteiger partial charge in [-0.25, -0.2) is 0 Å². The van der Waals surface area contributed by atoms with Crippen molar-refractivity contribution in [2.45, 2.75) is 31.5 Å². The Balaban J connectivity index is 2.08. The highest BCUT2D eigenvalue weighted by atomic mass is 32.2. The van der Waals surface area contributed by atoms with E-state index in [1.165, 1.54) is 11.8 Å². The van der Waals surface area contributed by atoms with Gasteiger partial charge in [-0.15, -0.1) is 10.2 Å². The number of carbonyl (C=O) groups is 1. The van der Waals surface area contributed by atoms with Gasteiger partial charge in [0.05, 0.1) is 18.6 Å². The van der Waals surface area contributed by atoms with Gasteiger partial charge in [0.25, 0.3) is 0 Å². The Hall–Kier alpha value is -2.02. The normalized spacial score (nSPS) is 12.0. The fraction of sp³-hybridized carbons (Fsp3) is 0.400. The van der Waals surface area contributed by atoms with Crippen LogP contribution in [0.5, 0.6) is 5.75 Å². The van der Waals surface area contributed by atoms with Gasteiger partial charge < -0.3 is 10.1 Å². The van der Waals surface area contributed by atoms with E-state index in [1.807, 2.05) is 42.7 Å². The quantitative estimate of drug-likeness (QED) is 0.793. The predicted octanol–water partition coefficient (Wildman–Crippen LogP) is 2.28. The molecular formula is C15H20N4O2S. The Morgan fingerprint density at radius 3 is 2.95 bits per heavy atom. The van der Waals surface area contributed by atoms with Crippen molar-refractivity contribution in [2.75, 3.05) is 12.9 Å². The van der Waals surface area contributed by atoms with Crippen molar-refractivity contribution in [3.05, 3.63) is 30.6 Å². The third kappa shape index (κ3) is 4.00. The van der Waals surface area contributed by atoms with Crippen LogP contribution >= 0.6 is 11.8 Å². The standard InChI is InChI=1S/C15H20N4O2S/c1-4-11(2)17-14(20)9-22-15-18-16-10-19(15)12-7-5-6-8-13(12)21-3/h5-8,10-11H,4,9H2,1-3H3,(H,17,20). The first-order valence-corrected chi connectivity index (χ1v) is 8.09. The van der Waals surface area contributed by atoms with Crippen LogP contribution in [0.2, 0.25) is 0 Å². The largest absolute Gasteiger partial charge is 0.495 e. The number of nitrogens with one attached hydrogen (secondary N) is 1. The van der Waals surface area contributed by atoms with Gasteiger partial charge in [-0.05, 0) is 25.5 Å². The minimum atomic E-state index is -0.00562. The molecule has 1 heterocycles. The zero-order valence-corrected chi connectivity index (χ0v) is 13.8. The number of para-hydroxylation sites is 2. The number of thioether (sulfide) groups is 1. The Labute approximate surface area is 134 Å². The molecule has 2 rings (SSSR count). The summed E-state index contributed by atoms with van der Waals surface area (Å²) in [5.74, 6) is 1.03. The van der Waals surface area contributed by atoms with E-state index in [2.05, 4.69) is 15.5 Å². The number of amides is 1. The number of hydrogen-bond donors (Lipinski definition) is 1. The second kappa shape index (κ2) is 7.84. The fourth-order valence-corrected chi connectivity index (χ4v) is 2.60. The molecule has 118 valence electrons. The van der Waals surface area contributed by atoms with E-state index in [9.17, 15) is 4.79 Å². The lowest BCUT2D eigenvalue weighted by Gasteiger charge is -2.12. The Kier molecular flexibility index (Phi) is 5.83. The molecule has 0 saturated heterocycles. The fourth-order valence-electron chi connectivity index (χ4n) is 1.87. The van der Waals surface area contributed by atoms with E-state index in [0.717, 1.165) is 17.9 Å². The number of hydrogen-bond acceptors (Lipinski definition) is 5. The molecule has 0 radical (unpaired) electrons. The van der Waals surface area contributed by atoms with Crippen molar-refractivity contribution in [2.24, 2.45) is 0 Å². The molecule has 2 aromatic rings. The third-order valence-corrected chi connectivity index (χ3v) is 4.16. The molecule has 0 spiro atoms. The van der Waals surface area contributed by atoms with E-state index in [-0.39, 0.29) is 11.9 Å². The van der Waals surface area contributed by atoms with E-state index < -0.39 is 0 Å². The van der Waals surface area contributed by atoms with Crippen LogP contribution in [0.3, 0.4) is 0 Å². The maximum atomic E-state index is 11.9. The van der Waals surface area contributed by atoms with Crippen LogP contribution in [0, 0.1) is 0 Å². The summed E-state index contributed by atoms with van der Waals surface area (Å²) in [6.07, 6.45) is 2.53. The van der Waals surface area contributed by atoms with Crippen LogP contribution < -0.4 is 10.1 Å². The molecule has 6 nitrogen and oxygen atoms in total. The Bertz CT molecular complexity index is 630. The molecular weight excluding hydrogens is 300 g/mol. The molecule has 1 aromatic heterocycles. The summed E-state index contributed by atoms with van der Waals surface area (Å²) in [4.78, 5) is 11.9. The van der Waals surface area contributed by atoms with Crippen LogP contribution in [0.1, 0.15) is 20.3 Å². The van der Waals surface area contributed by atoms with Gasteiger partial charge in [-0.2, -0.15) is 0 Å². The molecule has 22 heavy (non-hydrogen) atoms. The zero-order chi connectivity index (χ0) is 15.9. The third-order valence-electron chi connectivity index (χ3n) is 3.21. The average Bonchev–Trinajstić information content (AvgIpc) is 3.01. The molecule has 0 aliphatic heterocycles. The number of ether oxygens (including phenoxy) is 1. The van der Waals surface area contributed by atoms with Gasteiger partial charge >= 0.3 is 0 Å². The molecule has 1 aromatic carbocycles. The lowest BCUT2D eigenvalue weighted by atomic mass is 10.3. The van der Waals surface area contributed by atoms with Crippen LogP contribution in [0.15, 0.2) is 35.7 Å². The van der Waals surface area contributed by atoms with Crippen LogP contribution in [-0.2, 0) is 4.79 Å². The SMILES string of the molecule is CCC(C)NC(=O)CSc1nncn1-c1ccccc1OC. The van der Waals surface area contributed by atoms with Crippen LogP contribution in [-0.4, -0.2) is 39.6 Å². The van der Waals surface area contributed by atoms with E-state index in [0.29, 0.717) is 10.9 Å². The summed E-state index contributed by atoms with van der Waals surface area (Å²) in [6.45, 7) is 4.02. The Morgan fingerprint density at radius 2 is 2.23 bits per heavy atom. The number of rotatable bonds is 7. The van der Waals surface area contributed by atoms with Crippen molar-refractivity contribution in [3.8, 4) is 11.4 Å². The monoisotopic (exact) mass is 320 g/mol. The second-order valence-electron chi connectivity index (χ2n) is 4.82. The van der Waals surface area contributed by atoms with E-state index in [1.54, 1.807) is 13.4 Å². The van der Waals surface area contributed by atoms with E-state index >= 15 is 0 Å². The molecule has 1 amide bonds. The lowest BCUT2D eigenvalue weighted by molar-refractivity contribution is -0.119. The number of carbonyl (C=O) groups excluding carboxylic acids is 1. The molecule has 0 aliphatic carbocycles. The first kappa shape index (κ1) is 16.4. The topological polar surface area (TPSA) is 69.0 Å². The first-order valence-electron chi connectivity index (χ1n) is 7.11. The van der Waals surface area contributed by atoms with Gasteiger partial charge in [0, 0.05) is 6.04 Å². The summed E-state index contributed by atoms with van der Waals surface area (Å²) in [5.41, 5.74) is 0.847. The minimum Gasteiger partial charge on any atom is -0.495 e. The molecule has 7 heteroatoms. The predicted molar refractivity (Wildman–Crippen MR) is 86.5 cm³/mol. The van der Waals surface area contributed by atoms with Crippen LogP contribution in [0.4, 0.5) is 0 Å². The van der Waals surface area contributed by atoms with Gasteiger partial charge in [0.15, 0.2) is 5.16 Å². The van der Waals surface area contributed by atoms with E-state index in [4.69, 9.17) is 4.74 Å². The average molecular weight is 320 g/mol. The number of benzene rings is 1. The number of nitrogens with zero attached hydrogens (tertiary/aromatic N) is 3. The highest BCUT2D eigenvalue weighted by molar-refractivity contribution is 7.99. The lowest BCUT2D eigenvalue weighted by Crippen LogP contribution is -2.33. The maximum absolute atomic E-state index is 11.9. The molecule has 0 bridgehead atoms. The molecule has 0 aliphatic rings. The van der Waals surface area contributed by atoms with Crippen molar-refractivity contribution in [3.63, 3.8) is 0 Å². The van der Waals surface area contributed by atoms with Gasteiger partial charge in [-0.3, -0.25) is 9.36 Å². The molecule has 0 saturated carbocycles. The summed E-state index contributed by atoms with van der Waals surface area (Å²) in [5, 5.41) is 11.6. The number of methoxy groups -OCH3 is 1. The maximum Gasteiger partial charge on any atom is 0.230 e. The highest BCUT2D eigenvalue weighted by Gasteiger charge is 2.13. The number of aromatic nitrogens is 3.